The van der Waals surface area contributed by atoms with Crippen molar-refractivity contribution < 1.29 is 19.2 Å². The number of nitrogens with zero attached hydrogens (tertiary/aromatic N) is 2. The van der Waals surface area contributed by atoms with Crippen molar-refractivity contribution in [2.24, 2.45) is 0 Å². The molecule has 1 aromatic heterocycles. The van der Waals surface area contributed by atoms with Crippen LogP contribution in [0.3, 0.4) is 0 Å². The van der Waals surface area contributed by atoms with E-state index in [4.69, 9.17) is 0 Å². The molecule has 0 spiro atoms. The lowest BCUT2D eigenvalue weighted by Crippen LogP contribution is -2.13. The molecule has 0 saturated heterocycles. The van der Waals surface area contributed by atoms with Gasteiger partial charge in [0.25, 0.3) is 11.6 Å². The molecular formula is C14H11N3O5. The highest BCUT2D eigenvalue weighted by Gasteiger charge is 2.11. The Labute approximate surface area is 124 Å². The monoisotopic (exact) mass is 301 g/mol. The summed E-state index contributed by atoms with van der Waals surface area (Å²) in [6, 6.07) is 8.08. The summed E-state index contributed by atoms with van der Waals surface area (Å²) in [5.74, 6) is -0.745. The topological polar surface area (TPSA) is 111 Å². The molecule has 8 nitrogen and oxygen atoms in total. The fourth-order valence-corrected chi connectivity index (χ4v) is 1.63. The molecule has 0 fully saturated rings. The first-order valence-corrected chi connectivity index (χ1v) is 6.11. The number of anilines is 1. The lowest BCUT2D eigenvalue weighted by atomic mass is 10.2. The maximum Gasteiger partial charge on any atom is 0.339 e. The maximum absolute atomic E-state index is 12.0. The number of nitro benzene ring substituents is 1. The number of rotatable bonds is 4. The Bertz CT molecular complexity index is 710. The quantitative estimate of drug-likeness (QED) is 0.525. The molecule has 1 heterocycles. The van der Waals surface area contributed by atoms with E-state index in [9.17, 15) is 19.7 Å². The molecule has 0 aliphatic carbocycles. The van der Waals surface area contributed by atoms with Crippen LogP contribution in [0.25, 0.3) is 0 Å². The first-order chi connectivity index (χ1) is 10.5. The maximum atomic E-state index is 12.0. The number of amides is 1. The van der Waals surface area contributed by atoms with Gasteiger partial charge in [0.1, 0.15) is 5.82 Å². The second-order valence-corrected chi connectivity index (χ2v) is 4.18. The summed E-state index contributed by atoms with van der Waals surface area (Å²) in [5.41, 5.74) is 0.414. The molecule has 0 radical (unpaired) electrons. The second kappa shape index (κ2) is 6.44. The largest absolute Gasteiger partial charge is 0.465 e. The van der Waals surface area contributed by atoms with Crippen molar-refractivity contribution in [1.29, 1.82) is 0 Å². The summed E-state index contributed by atoms with van der Waals surface area (Å²) in [6.45, 7) is 0. The van der Waals surface area contributed by atoms with Crippen LogP contribution in [0, 0.1) is 10.1 Å². The minimum Gasteiger partial charge on any atom is -0.465 e. The average molecular weight is 301 g/mol. The van der Waals surface area contributed by atoms with E-state index in [1.54, 1.807) is 0 Å². The molecule has 0 saturated carbocycles. The van der Waals surface area contributed by atoms with Gasteiger partial charge in [-0.25, -0.2) is 9.78 Å². The third-order valence-electron chi connectivity index (χ3n) is 2.77. The fourth-order valence-electron chi connectivity index (χ4n) is 1.63. The van der Waals surface area contributed by atoms with Gasteiger partial charge in [-0.05, 0) is 24.3 Å². The molecule has 0 atom stereocenters. The molecule has 8 heteroatoms. The highest BCUT2D eigenvalue weighted by molar-refractivity contribution is 6.04. The molecule has 1 N–H and O–H groups in total. The Morgan fingerprint density at radius 2 is 1.77 bits per heavy atom. The Morgan fingerprint density at radius 1 is 1.14 bits per heavy atom. The number of benzene rings is 1. The molecule has 0 aliphatic rings. The molecule has 1 amide bonds. The highest BCUT2D eigenvalue weighted by atomic mass is 16.6. The van der Waals surface area contributed by atoms with Crippen LogP contribution in [-0.4, -0.2) is 28.9 Å². The summed E-state index contributed by atoms with van der Waals surface area (Å²) >= 11 is 0. The van der Waals surface area contributed by atoms with Gasteiger partial charge in [-0.3, -0.25) is 14.9 Å². The summed E-state index contributed by atoms with van der Waals surface area (Å²) in [7, 11) is 1.26. The zero-order valence-corrected chi connectivity index (χ0v) is 11.5. The third kappa shape index (κ3) is 3.42. The number of methoxy groups -OCH3 is 1. The van der Waals surface area contributed by atoms with Crippen molar-refractivity contribution in [2.45, 2.75) is 0 Å². The summed E-state index contributed by atoms with van der Waals surface area (Å²) in [4.78, 5) is 37.1. The normalized spacial score (nSPS) is 9.86. The van der Waals surface area contributed by atoms with Crippen LogP contribution in [-0.2, 0) is 4.74 Å². The van der Waals surface area contributed by atoms with Gasteiger partial charge >= 0.3 is 5.97 Å². The lowest BCUT2D eigenvalue weighted by molar-refractivity contribution is -0.384. The zero-order valence-electron chi connectivity index (χ0n) is 11.5. The van der Waals surface area contributed by atoms with Gasteiger partial charge < -0.3 is 10.1 Å². The van der Waals surface area contributed by atoms with Crippen molar-refractivity contribution in [3.05, 3.63) is 63.8 Å². The minimum atomic E-state index is -0.547. The van der Waals surface area contributed by atoms with E-state index in [1.807, 2.05) is 0 Å². The second-order valence-electron chi connectivity index (χ2n) is 4.18. The van der Waals surface area contributed by atoms with E-state index >= 15 is 0 Å². The number of pyridine rings is 1. The average Bonchev–Trinajstić information content (AvgIpc) is 2.54. The predicted octanol–water partition coefficient (Wildman–Crippen LogP) is 2.03. The first-order valence-electron chi connectivity index (χ1n) is 6.11. The number of carbonyl (C=O) groups excluding carboxylic acids is 2. The van der Waals surface area contributed by atoms with E-state index in [-0.39, 0.29) is 22.6 Å². The molecule has 0 unspecified atom stereocenters. The van der Waals surface area contributed by atoms with Crippen molar-refractivity contribution in [1.82, 2.24) is 4.98 Å². The van der Waals surface area contributed by atoms with Crippen LogP contribution in [0.15, 0.2) is 42.6 Å². The summed E-state index contributed by atoms with van der Waals surface area (Å²) < 4.78 is 4.54. The molecule has 1 aromatic carbocycles. The van der Waals surface area contributed by atoms with Crippen LogP contribution in [0.5, 0.6) is 0 Å². The summed E-state index contributed by atoms with van der Waals surface area (Å²) in [5, 5.41) is 13.1. The molecule has 0 aliphatic heterocycles. The Morgan fingerprint density at radius 3 is 2.27 bits per heavy atom. The number of nitro groups is 1. The van der Waals surface area contributed by atoms with Gasteiger partial charge in [-0.1, -0.05) is 0 Å². The number of aromatic nitrogens is 1. The van der Waals surface area contributed by atoms with Gasteiger partial charge in [-0.2, -0.15) is 0 Å². The van der Waals surface area contributed by atoms with E-state index in [2.05, 4.69) is 15.0 Å². The Kier molecular flexibility index (Phi) is 4.42. The van der Waals surface area contributed by atoms with Crippen LogP contribution < -0.4 is 5.32 Å². The zero-order chi connectivity index (χ0) is 16.1. The van der Waals surface area contributed by atoms with Crippen LogP contribution in [0.4, 0.5) is 11.5 Å². The lowest BCUT2D eigenvalue weighted by Gasteiger charge is -2.05. The predicted molar refractivity (Wildman–Crippen MR) is 76.6 cm³/mol. The Hall–Kier alpha value is -3.29. The third-order valence-corrected chi connectivity index (χ3v) is 2.77. The van der Waals surface area contributed by atoms with E-state index in [1.165, 1.54) is 49.7 Å². The van der Waals surface area contributed by atoms with E-state index < -0.39 is 16.8 Å². The van der Waals surface area contributed by atoms with Crippen LogP contribution >= 0.6 is 0 Å². The summed E-state index contributed by atoms with van der Waals surface area (Å²) in [6.07, 6.45) is 1.28. The van der Waals surface area contributed by atoms with Gasteiger partial charge in [-0.15, -0.1) is 0 Å². The minimum absolute atomic E-state index is 0.0999. The molecular weight excluding hydrogens is 290 g/mol. The van der Waals surface area contributed by atoms with Crippen molar-refractivity contribution in [3.8, 4) is 0 Å². The molecule has 112 valence electrons. The van der Waals surface area contributed by atoms with Gasteiger partial charge in [0.15, 0.2) is 0 Å². The number of hydrogen-bond acceptors (Lipinski definition) is 6. The van der Waals surface area contributed by atoms with E-state index in [0.717, 1.165) is 0 Å². The smallest absolute Gasteiger partial charge is 0.339 e. The fraction of sp³-hybridized carbons (Fsp3) is 0.0714. The number of nitrogens with one attached hydrogen (secondary N) is 1. The van der Waals surface area contributed by atoms with Gasteiger partial charge in [0.05, 0.1) is 17.6 Å². The first kappa shape index (κ1) is 15.1. The Balaban J connectivity index is 2.08. The van der Waals surface area contributed by atoms with Crippen molar-refractivity contribution in [3.63, 3.8) is 0 Å². The molecule has 2 rings (SSSR count). The van der Waals surface area contributed by atoms with Crippen molar-refractivity contribution in [2.75, 3.05) is 12.4 Å². The number of carbonyl (C=O) groups is 2. The van der Waals surface area contributed by atoms with E-state index in [0.29, 0.717) is 0 Å². The molecule has 22 heavy (non-hydrogen) atoms. The van der Waals surface area contributed by atoms with Gasteiger partial charge in [0, 0.05) is 23.9 Å². The number of esters is 1. The molecule has 2 aromatic rings. The SMILES string of the molecule is COC(=O)c1ccc(NC(=O)c2ccc([N+](=O)[O-])cc2)nc1. The number of hydrogen-bond donors (Lipinski definition) is 1. The van der Waals surface area contributed by atoms with Crippen LogP contribution in [0.2, 0.25) is 0 Å². The standard InChI is InChI=1S/C14H11N3O5/c1-22-14(19)10-4-7-12(15-8-10)16-13(18)9-2-5-11(6-3-9)17(20)21/h2-8H,1H3,(H,15,16,18). The highest BCUT2D eigenvalue weighted by Crippen LogP contribution is 2.13. The number of ether oxygens (including phenoxy) is 1. The molecule has 0 bridgehead atoms. The number of non-ortho nitro benzene ring substituents is 1. The van der Waals surface area contributed by atoms with Crippen molar-refractivity contribution >= 4 is 23.4 Å². The van der Waals surface area contributed by atoms with Gasteiger partial charge in [0.2, 0.25) is 0 Å². The van der Waals surface area contributed by atoms with Crippen LogP contribution in [0.1, 0.15) is 20.7 Å².